The highest BCUT2D eigenvalue weighted by Gasteiger charge is 2.52. The number of aliphatic hydroxyl groups is 1. The molecule has 3 aliphatic heterocycles. The van der Waals surface area contributed by atoms with E-state index in [0.29, 0.717) is 17.9 Å². The van der Waals surface area contributed by atoms with Gasteiger partial charge in [0.2, 0.25) is 5.91 Å². The van der Waals surface area contributed by atoms with E-state index in [1.165, 1.54) is 10.5 Å². The summed E-state index contributed by atoms with van der Waals surface area (Å²) < 4.78 is 10.6. The molecular formula is C27H47N3O6S4. The van der Waals surface area contributed by atoms with Gasteiger partial charge in [-0.25, -0.2) is 0 Å². The molecule has 4 rings (SSSR count). The summed E-state index contributed by atoms with van der Waals surface area (Å²) in [6.07, 6.45) is 0.999. The molecule has 9 nitrogen and oxygen atoms in total. The number of Topliss-reactive ketones (excluding diaryl/α,β-unsaturated/α-hetero) is 1. The number of ketones is 1. The van der Waals surface area contributed by atoms with E-state index >= 15 is 0 Å². The maximum absolute atomic E-state index is 13.4. The average Bonchev–Trinajstić information content (AvgIpc) is 3.42. The van der Waals surface area contributed by atoms with Crippen LogP contribution in [-0.4, -0.2) is 103 Å². The monoisotopic (exact) mass is 637 g/mol. The molecule has 1 aromatic rings. The number of carbonyl (C=O) groups is 3. The summed E-state index contributed by atoms with van der Waals surface area (Å²) in [4.78, 5) is 42.6. The number of rotatable bonds is 9. The summed E-state index contributed by atoms with van der Waals surface area (Å²) in [7, 11) is 1.73. The first-order valence-electron chi connectivity index (χ1n) is 13.0. The van der Waals surface area contributed by atoms with E-state index in [0.717, 1.165) is 39.1 Å². The molecule has 0 aromatic heterocycles. The zero-order valence-electron chi connectivity index (χ0n) is 23.5. The normalized spacial score (nSPS) is 23.3. The van der Waals surface area contributed by atoms with Gasteiger partial charge in [0.15, 0.2) is 5.78 Å². The first kappa shape index (κ1) is 39.1. The van der Waals surface area contributed by atoms with Crippen molar-refractivity contribution in [2.45, 2.75) is 63.3 Å². The van der Waals surface area contributed by atoms with Crippen molar-refractivity contribution in [1.29, 1.82) is 0 Å². The minimum absolute atomic E-state index is 0. The van der Waals surface area contributed by atoms with Gasteiger partial charge in [-0.3, -0.25) is 14.4 Å². The lowest BCUT2D eigenvalue weighted by atomic mass is 9.89. The van der Waals surface area contributed by atoms with Crippen LogP contribution < -0.4 is 5.32 Å². The van der Waals surface area contributed by atoms with Gasteiger partial charge >= 0.3 is 0 Å². The second-order valence-corrected chi connectivity index (χ2v) is 10.6. The number of amides is 2. The molecule has 230 valence electrons. The Hall–Kier alpha value is -0.930. The molecular weight excluding hydrogens is 591 g/mol. The van der Waals surface area contributed by atoms with Gasteiger partial charge < -0.3 is 29.7 Å². The summed E-state index contributed by atoms with van der Waals surface area (Å²) in [6.45, 7) is 7.67. The van der Waals surface area contributed by atoms with Crippen molar-refractivity contribution in [3.63, 3.8) is 0 Å². The number of methoxy groups -OCH3 is 1. The minimum Gasteiger partial charge on any atom is -0.388 e. The molecule has 3 fully saturated rings. The van der Waals surface area contributed by atoms with E-state index in [4.69, 9.17) is 9.47 Å². The van der Waals surface area contributed by atoms with Crippen molar-refractivity contribution in [2.24, 2.45) is 5.92 Å². The second kappa shape index (κ2) is 17.9. The topological polar surface area (TPSA) is 108 Å². The number of hydrogen-bond acceptors (Lipinski definition) is 7. The molecule has 4 atom stereocenters. The van der Waals surface area contributed by atoms with Crippen molar-refractivity contribution in [2.75, 3.05) is 46.5 Å². The van der Waals surface area contributed by atoms with Crippen LogP contribution in [0.2, 0.25) is 0 Å². The lowest BCUT2D eigenvalue weighted by Crippen LogP contribution is -2.52. The van der Waals surface area contributed by atoms with E-state index in [1.807, 2.05) is 38.1 Å². The smallest absolute Gasteiger partial charge is 0.251 e. The van der Waals surface area contributed by atoms with Crippen molar-refractivity contribution in [3.8, 4) is 0 Å². The number of hydrogen-bond donors (Lipinski definition) is 2. The molecule has 0 unspecified atom stereocenters. The molecule has 0 radical (unpaired) electrons. The molecule has 2 amide bonds. The van der Waals surface area contributed by atoms with Crippen molar-refractivity contribution in [3.05, 3.63) is 35.4 Å². The fraction of sp³-hybridized carbons (Fsp3) is 0.667. The molecule has 0 saturated carbocycles. The maximum atomic E-state index is 13.4. The average molecular weight is 638 g/mol. The molecule has 0 spiro atoms. The number of aliphatic hydroxyl groups excluding tert-OH is 1. The number of nitrogens with zero attached hydrogens (tertiary/aromatic N) is 2. The van der Waals surface area contributed by atoms with Crippen LogP contribution in [0.5, 0.6) is 0 Å². The van der Waals surface area contributed by atoms with Gasteiger partial charge in [0.05, 0.1) is 13.2 Å². The Morgan fingerprint density at radius 1 is 1.10 bits per heavy atom. The highest BCUT2D eigenvalue weighted by Crippen LogP contribution is 2.30. The van der Waals surface area contributed by atoms with Crippen LogP contribution in [0.4, 0.5) is 0 Å². The van der Waals surface area contributed by atoms with E-state index in [1.54, 1.807) is 7.11 Å². The Kier molecular flexibility index (Phi) is 17.5. The number of fused-ring (bicyclic) bond motifs is 1. The number of benzene rings is 1. The Morgan fingerprint density at radius 3 is 2.30 bits per heavy atom. The second-order valence-electron chi connectivity index (χ2n) is 10.6. The van der Waals surface area contributed by atoms with Crippen LogP contribution in [0, 0.1) is 5.92 Å². The van der Waals surface area contributed by atoms with Gasteiger partial charge in [0.1, 0.15) is 30.9 Å². The Morgan fingerprint density at radius 2 is 1.73 bits per heavy atom. The van der Waals surface area contributed by atoms with E-state index < -0.39 is 24.3 Å². The number of ether oxygens (including phenoxy) is 2. The van der Waals surface area contributed by atoms with Gasteiger partial charge in [-0.05, 0) is 61.9 Å². The standard InChI is InChI=1S/C27H39N3O6.4H2S/c1-17(2)14-21(27(34)30-15-22(31)25-24(30)23(32)16-36-25)28-26(33)20-6-4-18(5-7-20)19-8-10-29(11-9-19)12-13-35-3;;;;/h4-7,17,19,21-22,24-25,31H,8-16H2,1-3H3,(H,28,33);4*1H2/t21-,22-,24+,25+;;;;/m0..../s1. The van der Waals surface area contributed by atoms with Crippen molar-refractivity contribution in [1.82, 2.24) is 15.1 Å². The fourth-order valence-corrected chi connectivity index (χ4v) is 5.61. The highest BCUT2D eigenvalue weighted by molar-refractivity contribution is 7.59. The van der Waals surface area contributed by atoms with Crippen LogP contribution in [0.3, 0.4) is 0 Å². The Labute approximate surface area is 265 Å². The van der Waals surface area contributed by atoms with Gasteiger partial charge in [-0.2, -0.15) is 54.0 Å². The lowest BCUT2D eigenvalue weighted by molar-refractivity contribution is -0.138. The predicted molar refractivity (Wildman–Crippen MR) is 175 cm³/mol. The molecule has 13 heteroatoms. The van der Waals surface area contributed by atoms with E-state index in [9.17, 15) is 19.5 Å². The van der Waals surface area contributed by atoms with Crippen molar-refractivity contribution >= 4 is 71.6 Å². The molecule has 0 bridgehead atoms. The first-order valence-corrected chi connectivity index (χ1v) is 13.0. The molecule has 2 N–H and O–H groups in total. The van der Waals surface area contributed by atoms with E-state index in [2.05, 4.69) is 10.2 Å². The third-order valence-corrected chi connectivity index (χ3v) is 7.59. The molecule has 3 saturated heterocycles. The van der Waals surface area contributed by atoms with Crippen LogP contribution in [0.15, 0.2) is 24.3 Å². The third kappa shape index (κ3) is 9.29. The SMILES string of the molecule is COCCN1CCC(c2ccc(C(=O)N[C@@H](CC(C)C)C(=O)N3C[C@H](O)[C@H]4OCC(=O)[C@H]43)cc2)CC1.S.S.S.S. The summed E-state index contributed by atoms with van der Waals surface area (Å²) in [5.41, 5.74) is 1.72. The first-order chi connectivity index (χ1) is 17.3. The van der Waals surface area contributed by atoms with Gasteiger partial charge in [-0.1, -0.05) is 26.0 Å². The molecule has 0 aliphatic carbocycles. The third-order valence-electron chi connectivity index (χ3n) is 7.59. The number of carbonyl (C=O) groups excluding carboxylic acids is 3. The largest absolute Gasteiger partial charge is 0.388 e. The lowest BCUT2D eigenvalue weighted by Gasteiger charge is -2.32. The summed E-state index contributed by atoms with van der Waals surface area (Å²) in [5, 5.41) is 13.2. The van der Waals surface area contributed by atoms with Crippen LogP contribution >= 0.6 is 54.0 Å². The van der Waals surface area contributed by atoms with Crippen LogP contribution in [-0.2, 0) is 19.1 Å². The van der Waals surface area contributed by atoms with Gasteiger partial charge in [-0.15, -0.1) is 0 Å². The highest BCUT2D eigenvalue weighted by atomic mass is 32.1. The van der Waals surface area contributed by atoms with E-state index in [-0.39, 0.29) is 90.6 Å². The quantitative estimate of drug-likeness (QED) is 0.424. The zero-order valence-corrected chi connectivity index (χ0v) is 27.5. The predicted octanol–water partition coefficient (Wildman–Crippen LogP) is 1.65. The minimum atomic E-state index is -0.903. The van der Waals surface area contributed by atoms with Crippen LogP contribution in [0.1, 0.15) is 54.9 Å². The number of nitrogens with one attached hydrogen (secondary N) is 1. The summed E-state index contributed by atoms with van der Waals surface area (Å²) in [6, 6.07) is 6.11. The molecule has 3 heterocycles. The number of β-amino-alcohol motifs (C(OH)–C–C–N with tert-alkyl or cyclic N) is 1. The summed E-state index contributed by atoms with van der Waals surface area (Å²) >= 11 is 0. The Balaban J connectivity index is 0.00000380. The number of piperidine rings is 1. The number of likely N-dealkylation sites (tertiary alicyclic amines) is 2. The molecule has 1 aromatic carbocycles. The summed E-state index contributed by atoms with van der Waals surface area (Å²) in [5.74, 6) is -0.258. The van der Waals surface area contributed by atoms with Crippen molar-refractivity contribution < 1.29 is 29.0 Å². The van der Waals surface area contributed by atoms with Gasteiger partial charge in [0.25, 0.3) is 5.91 Å². The van der Waals surface area contributed by atoms with Crippen LogP contribution in [0.25, 0.3) is 0 Å². The fourth-order valence-electron chi connectivity index (χ4n) is 5.61. The van der Waals surface area contributed by atoms with Gasteiger partial charge in [0, 0.05) is 19.2 Å². The Bertz CT molecular complexity index is 947. The zero-order chi connectivity index (χ0) is 25.8. The molecule has 3 aliphatic rings. The molecule has 40 heavy (non-hydrogen) atoms. The maximum Gasteiger partial charge on any atom is 0.251 e.